The van der Waals surface area contributed by atoms with E-state index in [4.69, 9.17) is 14.2 Å². The molecule has 3 aromatic rings. The van der Waals surface area contributed by atoms with E-state index in [0.29, 0.717) is 54.6 Å². The first-order valence-electron chi connectivity index (χ1n) is 11.6. The third kappa shape index (κ3) is 6.72. The molecule has 0 saturated carbocycles. The molecule has 0 amide bonds. The van der Waals surface area contributed by atoms with Crippen molar-refractivity contribution in [2.24, 2.45) is 5.92 Å². The Labute approximate surface area is 205 Å². The lowest BCUT2D eigenvalue weighted by molar-refractivity contribution is -0.207. The minimum Gasteiger partial charge on any atom is -0.481 e. The summed E-state index contributed by atoms with van der Waals surface area (Å²) in [5.74, 6) is -1.45. The predicted octanol–water partition coefficient (Wildman–Crippen LogP) is 6.54. The van der Waals surface area contributed by atoms with E-state index >= 15 is 4.39 Å². The van der Waals surface area contributed by atoms with Gasteiger partial charge in [-0.3, -0.25) is 0 Å². The van der Waals surface area contributed by atoms with E-state index < -0.39 is 30.6 Å². The highest BCUT2D eigenvalue weighted by Crippen LogP contribution is 2.31. The van der Waals surface area contributed by atoms with Crippen LogP contribution in [0.3, 0.4) is 0 Å². The molecular weight excluding hydrogens is 483 g/mol. The SMILES string of the molecule is COCCC1COC(c2ccc3c(F)c(CCc4ccc(OCC(F)(F)F)c(F)c4)ccc3c2)OC1. The molecule has 36 heavy (non-hydrogen) atoms. The Bertz CT molecular complexity index is 1170. The van der Waals surface area contributed by atoms with E-state index in [1.165, 1.54) is 6.07 Å². The molecule has 4 nitrogen and oxygen atoms in total. The molecule has 0 spiro atoms. The van der Waals surface area contributed by atoms with Gasteiger partial charge in [0, 0.05) is 30.6 Å². The minimum absolute atomic E-state index is 0.277. The third-order valence-electron chi connectivity index (χ3n) is 6.10. The average molecular weight is 510 g/mol. The molecule has 4 rings (SSSR count). The van der Waals surface area contributed by atoms with Crippen molar-refractivity contribution in [2.75, 3.05) is 33.5 Å². The van der Waals surface area contributed by atoms with Gasteiger partial charge in [-0.05, 0) is 54.0 Å². The highest BCUT2D eigenvalue weighted by molar-refractivity contribution is 5.84. The molecule has 1 heterocycles. The van der Waals surface area contributed by atoms with Gasteiger partial charge in [-0.15, -0.1) is 0 Å². The number of alkyl halides is 3. The standard InChI is InChI=1S/C27H27F5O4/c1-33-11-10-18-14-34-26(35-15-18)21-7-8-22-20(13-21)6-5-19(25(22)29)4-2-17-3-9-24(23(28)12-17)36-16-27(30,31)32/h3,5-9,12-13,18,26H,2,4,10-11,14-16H2,1H3. The van der Waals surface area contributed by atoms with E-state index in [1.54, 1.807) is 25.3 Å². The summed E-state index contributed by atoms with van der Waals surface area (Å²) in [4.78, 5) is 0. The van der Waals surface area contributed by atoms with E-state index in [2.05, 4.69) is 4.74 Å². The molecule has 0 atom stereocenters. The Kier molecular flexibility index (Phi) is 8.43. The number of fused-ring (bicyclic) bond motifs is 1. The Morgan fingerprint density at radius 1 is 0.944 bits per heavy atom. The van der Waals surface area contributed by atoms with Crippen LogP contribution in [-0.4, -0.2) is 39.7 Å². The molecule has 3 aromatic carbocycles. The van der Waals surface area contributed by atoms with Crippen LogP contribution in [0.4, 0.5) is 22.0 Å². The number of rotatable bonds is 9. The molecule has 0 radical (unpaired) electrons. The Hall–Kier alpha value is -2.75. The molecule has 1 fully saturated rings. The van der Waals surface area contributed by atoms with Crippen LogP contribution in [0.15, 0.2) is 48.5 Å². The molecular formula is C27H27F5O4. The summed E-state index contributed by atoms with van der Waals surface area (Å²) >= 11 is 0. The van der Waals surface area contributed by atoms with Gasteiger partial charge in [-0.25, -0.2) is 8.78 Å². The second kappa shape index (κ2) is 11.5. The summed E-state index contributed by atoms with van der Waals surface area (Å²) in [5.41, 5.74) is 1.79. The summed E-state index contributed by atoms with van der Waals surface area (Å²) in [6, 6.07) is 12.6. The number of benzene rings is 3. The molecule has 1 saturated heterocycles. The van der Waals surface area contributed by atoms with E-state index in [0.717, 1.165) is 24.1 Å². The number of hydrogen-bond donors (Lipinski definition) is 0. The van der Waals surface area contributed by atoms with Crippen LogP contribution in [-0.2, 0) is 27.1 Å². The van der Waals surface area contributed by atoms with Crippen LogP contribution in [0, 0.1) is 17.6 Å². The Morgan fingerprint density at radius 2 is 1.72 bits per heavy atom. The lowest BCUT2D eigenvalue weighted by Gasteiger charge is -2.29. The van der Waals surface area contributed by atoms with Crippen molar-refractivity contribution in [1.82, 2.24) is 0 Å². The topological polar surface area (TPSA) is 36.9 Å². The second-order valence-corrected chi connectivity index (χ2v) is 8.83. The smallest absolute Gasteiger partial charge is 0.422 e. The fourth-order valence-corrected chi connectivity index (χ4v) is 4.14. The molecule has 0 aromatic heterocycles. The van der Waals surface area contributed by atoms with Gasteiger partial charge in [0.25, 0.3) is 0 Å². The van der Waals surface area contributed by atoms with Crippen molar-refractivity contribution in [3.8, 4) is 5.75 Å². The van der Waals surface area contributed by atoms with Crippen molar-refractivity contribution in [2.45, 2.75) is 31.7 Å². The summed E-state index contributed by atoms with van der Waals surface area (Å²) < 4.78 is 87.4. The zero-order valence-electron chi connectivity index (χ0n) is 19.7. The third-order valence-corrected chi connectivity index (χ3v) is 6.10. The highest BCUT2D eigenvalue weighted by Gasteiger charge is 2.29. The van der Waals surface area contributed by atoms with Gasteiger partial charge in [0.15, 0.2) is 24.5 Å². The molecule has 1 aliphatic rings. The molecule has 0 aliphatic carbocycles. The Balaban J connectivity index is 1.39. The normalized spacial score (nSPS) is 18.5. The maximum absolute atomic E-state index is 15.2. The average Bonchev–Trinajstić information content (AvgIpc) is 2.86. The van der Waals surface area contributed by atoms with Crippen molar-refractivity contribution < 1.29 is 40.9 Å². The molecule has 1 aliphatic heterocycles. The summed E-state index contributed by atoms with van der Waals surface area (Å²) in [6.07, 6.45) is -3.59. The fourth-order valence-electron chi connectivity index (χ4n) is 4.14. The first kappa shape index (κ1) is 26.3. The van der Waals surface area contributed by atoms with Crippen molar-refractivity contribution in [3.63, 3.8) is 0 Å². The number of halogens is 5. The zero-order valence-corrected chi connectivity index (χ0v) is 19.7. The Morgan fingerprint density at radius 3 is 2.42 bits per heavy atom. The maximum atomic E-state index is 15.2. The van der Waals surface area contributed by atoms with Gasteiger partial charge in [-0.1, -0.05) is 30.3 Å². The maximum Gasteiger partial charge on any atom is 0.422 e. The van der Waals surface area contributed by atoms with Gasteiger partial charge in [0.2, 0.25) is 0 Å². The van der Waals surface area contributed by atoms with Crippen molar-refractivity contribution >= 4 is 10.8 Å². The zero-order chi connectivity index (χ0) is 25.7. The largest absolute Gasteiger partial charge is 0.481 e. The molecule has 0 bridgehead atoms. The summed E-state index contributed by atoms with van der Waals surface area (Å²) in [6.45, 7) is 0.211. The van der Waals surface area contributed by atoms with Crippen LogP contribution >= 0.6 is 0 Å². The first-order chi connectivity index (χ1) is 17.2. The van der Waals surface area contributed by atoms with Crippen LogP contribution in [0.5, 0.6) is 5.75 Å². The van der Waals surface area contributed by atoms with Gasteiger partial charge < -0.3 is 18.9 Å². The predicted molar refractivity (Wildman–Crippen MR) is 124 cm³/mol. The quantitative estimate of drug-likeness (QED) is 0.306. The van der Waals surface area contributed by atoms with Gasteiger partial charge in [0.1, 0.15) is 5.82 Å². The van der Waals surface area contributed by atoms with Gasteiger partial charge >= 0.3 is 6.18 Å². The van der Waals surface area contributed by atoms with E-state index in [9.17, 15) is 17.6 Å². The molecule has 9 heteroatoms. The number of ether oxygens (including phenoxy) is 4. The molecule has 0 N–H and O–H groups in total. The van der Waals surface area contributed by atoms with E-state index in [1.807, 2.05) is 12.1 Å². The number of methoxy groups -OCH3 is 1. The van der Waals surface area contributed by atoms with Crippen molar-refractivity contribution in [1.29, 1.82) is 0 Å². The second-order valence-electron chi connectivity index (χ2n) is 8.83. The number of aryl methyl sites for hydroxylation is 2. The number of hydrogen-bond acceptors (Lipinski definition) is 4. The minimum atomic E-state index is -4.55. The van der Waals surface area contributed by atoms with Crippen LogP contribution in [0.2, 0.25) is 0 Å². The van der Waals surface area contributed by atoms with Gasteiger partial charge in [0.05, 0.1) is 13.2 Å². The first-order valence-corrected chi connectivity index (χ1v) is 11.6. The van der Waals surface area contributed by atoms with Gasteiger partial charge in [-0.2, -0.15) is 13.2 Å². The summed E-state index contributed by atoms with van der Waals surface area (Å²) in [5, 5.41) is 1.16. The van der Waals surface area contributed by atoms with Crippen molar-refractivity contribution in [3.05, 3.63) is 76.9 Å². The molecule has 194 valence electrons. The van der Waals surface area contributed by atoms with Crippen LogP contribution in [0.25, 0.3) is 10.8 Å². The highest BCUT2D eigenvalue weighted by atomic mass is 19.4. The lowest BCUT2D eigenvalue weighted by atomic mass is 9.98. The van der Waals surface area contributed by atoms with Crippen LogP contribution < -0.4 is 4.74 Å². The summed E-state index contributed by atoms with van der Waals surface area (Å²) in [7, 11) is 1.66. The fraction of sp³-hybridized carbons (Fsp3) is 0.407. The van der Waals surface area contributed by atoms with E-state index in [-0.39, 0.29) is 11.7 Å². The molecule has 0 unspecified atom stereocenters. The van der Waals surface area contributed by atoms with Crippen LogP contribution in [0.1, 0.15) is 29.4 Å². The monoisotopic (exact) mass is 510 g/mol. The lowest BCUT2D eigenvalue weighted by Crippen LogP contribution is -2.27.